The third-order valence-corrected chi connectivity index (χ3v) is 6.04. The molecule has 11 nitrogen and oxygen atoms in total. The van der Waals surface area contributed by atoms with Gasteiger partial charge in [0.2, 0.25) is 0 Å². The predicted octanol–water partition coefficient (Wildman–Crippen LogP) is 4.25. The number of tetrazole rings is 1. The van der Waals surface area contributed by atoms with Crippen molar-refractivity contribution in [3.63, 3.8) is 0 Å². The Hall–Kier alpha value is -4.10. The number of carbonyl (C=O) groups is 2. The van der Waals surface area contributed by atoms with Gasteiger partial charge in [0.1, 0.15) is 17.8 Å². The maximum atomic E-state index is 13.8. The molecule has 0 unspecified atom stereocenters. The van der Waals surface area contributed by atoms with Crippen molar-refractivity contribution in [1.82, 2.24) is 40.3 Å². The largest absolute Gasteiger partial charge is 0.455 e. The number of anilines is 1. The second kappa shape index (κ2) is 11.4. The molecule has 0 fully saturated rings. The Balaban J connectivity index is 1.81. The number of halogens is 7. The summed E-state index contributed by atoms with van der Waals surface area (Å²) in [5, 5.41) is 18.6. The summed E-state index contributed by atoms with van der Waals surface area (Å²) in [4.78, 5) is 30.5. The summed E-state index contributed by atoms with van der Waals surface area (Å²) in [6.07, 6.45) is -8.72. The standard InChI is InChI=1S/C23H18F6IN9O2/c1-3-31-19(40)14-8-12(30)7-11(2)17(14)33-20(41)16-9-13(10-38-36-21(34-37-38)23(27,28)29)35-39(16)18-15(22(24,25)26)5-4-6-32-18/h4-9H,3,10H2,1-2H3,(H,31,40)(H,33,41). The first-order valence-corrected chi connectivity index (χ1v) is 12.6. The topological polar surface area (TPSA) is 133 Å². The summed E-state index contributed by atoms with van der Waals surface area (Å²) in [5.41, 5.74) is -1.17. The molecule has 2 amide bonds. The molecule has 0 atom stereocenters. The number of aryl methyl sites for hydroxylation is 1. The molecule has 216 valence electrons. The number of amides is 2. The Morgan fingerprint density at radius 2 is 1.76 bits per heavy atom. The van der Waals surface area contributed by atoms with Crippen molar-refractivity contribution in [2.24, 2.45) is 0 Å². The van der Waals surface area contributed by atoms with Gasteiger partial charge >= 0.3 is 12.4 Å². The van der Waals surface area contributed by atoms with E-state index in [0.717, 1.165) is 24.4 Å². The minimum absolute atomic E-state index is 0.0977. The van der Waals surface area contributed by atoms with E-state index in [1.165, 1.54) is 6.07 Å². The highest BCUT2D eigenvalue weighted by atomic mass is 127. The van der Waals surface area contributed by atoms with Crippen LogP contribution in [0.2, 0.25) is 0 Å². The third kappa shape index (κ3) is 6.63. The summed E-state index contributed by atoms with van der Waals surface area (Å²) < 4.78 is 81.5. The Morgan fingerprint density at radius 3 is 2.39 bits per heavy atom. The SMILES string of the molecule is CCNC(=O)c1cc(I)cc(C)c1NC(=O)c1cc(Cn2nnc(C(F)(F)F)n2)nn1-c1ncccc1C(F)(F)F. The highest BCUT2D eigenvalue weighted by Gasteiger charge is 2.38. The zero-order valence-electron chi connectivity index (χ0n) is 21.0. The van der Waals surface area contributed by atoms with Crippen LogP contribution >= 0.6 is 22.6 Å². The number of benzene rings is 1. The second-order valence-corrected chi connectivity index (χ2v) is 9.65. The van der Waals surface area contributed by atoms with Crippen LogP contribution in [-0.4, -0.2) is 53.3 Å². The van der Waals surface area contributed by atoms with Crippen LogP contribution in [0.5, 0.6) is 0 Å². The molecule has 41 heavy (non-hydrogen) atoms. The zero-order valence-corrected chi connectivity index (χ0v) is 23.1. The van der Waals surface area contributed by atoms with E-state index in [4.69, 9.17) is 0 Å². The van der Waals surface area contributed by atoms with E-state index in [9.17, 15) is 35.9 Å². The molecular formula is C23H18F6IN9O2. The van der Waals surface area contributed by atoms with Crippen LogP contribution in [0.1, 0.15) is 50.4 Å². The lowest BCUT2D eigenvalue weighted by Crippen LogP contribution is -2.26. The fraction of sp³-hybridized carbons (Fsp3) is 0.261. The minimum atomic E-state index is -4.89. The quantitative estimate of drug-likeness (QED) is 0.219. The Labute approximate surface area is 240 Å². The van der Waals surface area contributed by atoms with Gasteiger partial charge in [0, 0.05) is 16.3 Å². The second-order valence-electron chi connectivity index (χ2n) is 8.41. The van der Waals surface area contributed by atoms with Crippen LogP contribution in [0.4, 0.5) is 32.0 Å². The molecule has 2 N–H and O–H groups in total. The third-order valence-electron chi connectivity index (χ3n) is 5.42. The number of pyridine rings is 1. The van der Waals surface area contributed by atoms with E-state index in [0.29, 0.717) is 25.2 Å². The van der Waals surface area contributed by atoms with E-state index in [1.807, 2.05) is 22.6 Å². The Bertz CT molecular complexity index is 1610. The van der Waals surface area contributed by atoms with Crippen molar-refractivity contribution in [2.75, 3.05) is 11.9 Å². The van der Waals surface area contributed by atoms with Crippen LogP contribution in [0, 0.1) is 10.5 Å². The molecule has 18 heteroatoms. The van der Waals surface area contributed by atoms with E-state index in [1.54, 1.807) is 19.9 Å². The smallest absolute Gasteiger partial charge is 0.352 e. The molecule has 0 spiro atoms. The number of nitrogens with zero attached hydrogens (tertiary/aromatic N) is 7. The maximum Gasteiger partial charge on any atom is 0.455 e. The number of hydrogen-bond acceptors (Lipinski definition) is 7. The van der Waals surface area contributed by atoms with Crippen molar-refractivity contribution < 1.29 is 35.9 Å². The van der Waals surface area contributed by atoms with Gasteiger partial charge in [0.05, 0.1) is 16.9 Å². The van der Waals surface area contributed by atoms with Crippen molar-refractivity contribution in [1.29, 1.82) is 0 Å². The lowest BCUT2D eigenvalue weighted by molar-refractivity contribution is -0.145. The van der Waals surface area contributed by atoms with Gasteiger partial charge in [-0.2, -0.15) is 36.2 Å². The van der Waals surface area contributed by atoms with Gasteiger partial charge in [0.15, 0.2) is 5.82 Å². The molecule has 0 aliphatic carbocycles. The molecule has 3 aromatic heterocycles. The summed E-state index contributed by atoms with van der Waals surface area (Å²) in [5.74, 6) is -3.77. The molecule has 0 aliphatic rings. The van der Waals surface area contributed by atoms with Crippen molar-refractivity contribution in [3.05, 3.63) is 74.0 Å². The van der Waals surface area contributed by atoms with Gasteiger partial charge in [-0.25, -0.2) is 9.67 Å². The fourth-order valence-corrected chi connectivity index (χ4v) is 4.49. The van der Waals surface area contributed by atoms with Crippen molar-refractivity contribution >= 4 is 40.1 Å². The van der Waals surface area contributed by atoms with Gasteiger partial charge in [-0.1, -0.05) is 0 Å². The number of hydrogen-bond donors (Lipinski definition) is 2. The van der Waals surface area contributed by atoms with Crippen LogP contribution in [0.3, 0.4) is 0 Å². The normalized spacial score (nSPS) is 11.9. The summed E-state index contributed by atoms with van der Waals surface area (Å²) in [6.45, 7) is 3.04. The lowest BCUT2D eigenvalue weighted by Gasteiger charge is -2.16. The molecular weight excluding hydrogens is 675 g/mol. The molecule has 0 saturated heterocycles. The molecule has 0 saturated carbocycles. The molecule has 4 rings (SSSR count). The first-order valence-electron chi connectivity index (χ1n) is 11.5. The minimum Gasteiger partial charge on any atom is -0.352 e. The summed E-state index contributed by atoms with van der Waals surface area (Å²) in [6, 6.07) is 6.02. The van der Waals surface area contributed by atoms with Crippen molar-refractivity contribution in [2.45, 2.75) is 32.7 Å². The van der Waals surface area contributed by atoms with E-state index in [2.05, 4.69) is 36.1 Å². The summed E-state index contributed by atoms with van der Waals surface area (Å²) in [7, 11) is 0. The highest BCUT2D eigenvalue weighted by Crippen LogP contribution is 2.33. The van der Waals surface area contributed by atoms with Crippen LogP contribution < -0.4 is 10.6 Å². The van der Waals surface area contributed by atoms with Gasteiger partial charge < -0.3 is 10.6 Å². The molecule has 0 aliphatic heterocycles. The van der Waals surface area contributed by atoms with Gasteiger partial charge in [-0.05, 0) is 77.5 Å². The van der Waals surface area contributed by atoms with E-state index in [-0.39, 0.29) is 16.9 Å². The predicted molar refractivity (Wildman–Crippen MR) is 138 cm³/mol. The number of carbonyl (C=O) groups excluding carboxylic acids is 2. The van der Waals surface area contributed by atoms with Gasteiger partial charge in [-0.3, -0.25) is 9.59 Å². The fourth-order valence-electron chi connectivity index (χ4n) is 3.71. The zero-order chi connectivity index (χ0) is 30.1. The molecule has 0 radical (unpaired) electrons. The summed E-state index contributed by atoms with van der Waals surface area (Å²) >= 11 is 1.99. The van der Waals surface area contributed by atoms with E-state index >= 15 is 0 Å². The molecule has 1 aromatic carbocycles. The Kier molecular flexibility index (Phi) is 8.31. The molecule has 3 heterocycles. The Morgan fingerprint density at radius 1 is 1.02 bits per heavy atom. The lowest BCUT2D eigenvalue weighted by atomic mass is 10.1. The van der Waals surface area contributed by atoms with Crippen LogP contribution in [-0.2, 0) is 18.9 Å². The van der Waals surface area contributed by atoms with Gasteiger partial charge in [-0.15, -0.1) is 10.2 Å². The van der Waals surface area contributed by atoms with Crippen LogP contribution in [0.15, 0.2) is 36.5 Å². The van der Waals surface area contributed by atoms with Crippen LogP contribution in [0.25, 0.3) is 5.82 Å². The van der Waals surface area contributed by atoms with Gasteiger partial charge in [0.25, 0.3) is 17.6 Å². The first-order chi connectivity index (χ1) is 19.2. The first kappa shape index (κ1) is 29.9. The van der Waals surface area contributed by atoms with E-state index < -0.39 is 53.6 Å². The molecule has 4 aromatic rings. The molecule has 0 bridgehead atoms. The maximum absolute atomic E-state index is 13.8. The number of aromatic nitrogens is 7. The average molecular weight is 693 g/mol. The number of rotatable bonds is 7. The number of alkyl halides is 6. The highest BCUT2D eigenvalue weighted by molar-refractivity contribution is 14.1. The number of nitrogens with one attached hydrogen (secondary N) is 2. The van der Waals surface area contributed by atoms with Crippen molar-refractivity contribution in [3.8, 4) is 5.82 Å². The average Bonchev–Trinajstić information content (AvgIpc) is 3.53. The monoisotopic (exact) mass is 693 g/mol.